The molecule has 0 N–H and O–H groups in total. The molecule has 352 valence electrons. The van der Waals surface area contributed by atoms with Crippen molar-refractivity contribution in [1.29, 1.82) is 0 Å². The average molecular weight is 953 g/mol. The monoisotopic (exact) mass is 952 g/mol. The van der Waals surface area contributed by atoms with E-state index in [1.165, 1.54) is 161 Å². The van der Waals surface area contributed by atoms with Crippen LogP contribution in [0.2, 0.25) is 0 Å². The normalized spacial score (nSPS) is 18.5. The Labute approximate surface area is 439 Å². The predicted octanol–water partition coefficient (Wildman–Crippen LogP) is 18.9. The van der Waals surface area contributed by atoms with Gasteiger partial charge >= 0.3 is 0 Å². The Morgan fingerprint density at radius 3 is 1.37 bits per heavy atom. The Morgan fingerprint density at radius 2 is 0.747 bits per heavy atom. The SMILES string of the molecule is Cc1c2ccc(-c3ccc4c(c3)C3(c5ccccc5C5=CC=CCC53)c3ccccc3-4)cc2c(C)c2cc3c(cc12)-c1ccc(-c2ccc4c(c2)C2(c5ccccc5-c5ccccc52)c2ccccc2-4)cc1C3(C)C. The number of hydrogen-bond acceptors (Lipinski definition) is 0. The van der Waals surface area contributed by atoms with Crippen LogP contribution in [0.4, 0.5) is 0 Å². The van der Waals surface area contributed by atoms with Crippen LogP contribution in [-0.4, -0.2) is 0 Å². The molecule has 2 atom stereocenters. The Kier molecular flexibility index (Phi) is 8.02. The molecule has 0 amide bonds. The van der Waals surface area contributed by atoms with Crippen molar-refractivity contribution in [2.45, 2.75) is 50.4 Å². The van der Waals surface area contributed by atoms with Gasteiger partial charge in [0.25, 0.3) is 0 Å². The minimum Gasteiger partial charge on any atom is -0.0839 e. The van der Waals surface area contributed by atoms with Crippen molar-refractivity contribution in [3.05, 3.63) is 291 Å². The molecule has 17 rings (SSSR count). The molecular formula is C75H52. The molecule has 11 aromatic rings. The van der Waals surface area contributed by atoms with Gasteiger partial charge in [0.15, 0.2) is 0 Å². The molecule has 6 aliphatic carbocycles. The molecule has 0 saturated carbocycles. The van der Waals surface area contributed by atoms with E-state index in [2.05, 4.69) is 252 Å². The minimum absolute atomic E-state index is 0.191. The van der Waals surface area contributed by atoms with E-state index in [9.17, 15) is 0 Å². The third kappa shape index (κ3) is 5.00. The van der Waals surface area contributed by atoms with Crippen molar-refractivity contribution >= 4 is 27.1 Å². The summed E-state index contributed by atoms with van der Waals surface area (Å²) in [6.45, 7) is 9.60. The number of benzene rings is 11. The van der Waals surface area contributed by atoms with Crippen LogP contribution in [0, 0.1) is 19.8 Å². The van der Waals surface area contributed by atoms with Gasteiger partial charge in [0.2, 0.25) is 0 Å². The maximum atomic E-state index is 2.56. The molecule has 0 aliphatic heterocycles. The highest BCUT2D eigenvalue weighted by atomic mass is 14.6. The first-order chi connectivity index (χ1) is 36.8. The predicted molar refractivity (Wildman–Crippen MR) is 313 cm³/mol. The molecular weight excluding hydrogens is 901 g/mol. The molecule has 0 aromatic heterocycles. The zero-order chi connectivity index (χ0) is 49.7. The Bertz CT molecular complexity index is 4440. The summed E-state index contributed by atoms with van der Waals surface area (Å²) in [5.41, 5.74) is 33.4. The quantitative estimate of drug-likeness (QED) is 0.152. The second kappa shape index (κ2) is 14.4. The van der Waals surface area contributed by atoms with Gasteiger partial charge < -0.3 is 0 Å². The summed E-state index contributed by atoms with van der Waals surface area (Å²) in [4.78, 5) is 0. The zero-order valence-electron chi connectivity index (χ0n) is 42.6. The van der Waals surface area contributed by atoms with Crippen LogP contribution >= 0.6 is 0 Å². The average Bonchev–Trinajstić information content (AvgIpc) is 4.24. The second-order valence-corrected chi connectivity index (χ2v) is 23.0. The van der Waals surface area contributed by atoms with Gasteiger partial charge in [-0.3, -0.25) is 0 Å². The maximum absolute atomic E-state index is 2.56. The van der Waals surface area contributed by atoms with E-state index in [1.807, 2.05) is 0 Å². The summed E-state index contributed by atoms with van der Waals surface area (Å²) in [5.74, 6) is 0.355. The van der Waals surface area contributed by atoms with Gasteiger partial charge in [-0.1, -0.05) is 202 Å². The molecule has 6 aliphatic rings. The first-order valence-electron chi connectivity index (χ1n) is 27.1. The van der Waals surface area contributed by atoms with E-state index in [0.717, 1.165) is 6.42 Å². The lowest BCUT2D eigenvalue weighted by Gasteiger charge is -2.36. The van der Waals surface area contributed by atoms with Gasteiger partial charge in [-0.25, -0.2) is 0 Å². The number of fused-ring (bicyclic) bond motifs is 25. The second-order valence-electron chi connectivity index (χ2n) is 23.0. The van der Waals surface area contributed by atoms with Gasteiger partial charge in [-0.2, -0.15) is 0 Å². The molecule has 0 fully saturated rings. The summed E-state index contributed by atoms with van der Waals surface area (Å²) in [6, 6.07) is 80.2. The Morgan fingerprint density at radius 1 is 0.333 bits per heavy atom. The fourth-order valence-corrected chi connectivity index (χ4v) is 16.2. The smallest absolute Gasteiger partial charge is 0.0725 e. The molecule has 11 aromatic carbocycles. The van der Waals surface area contributed by atoms with E-state index < -0.39 is 0 Å². The first kappa shape index (κ1) is 41.8. The summed E-state index contributed by atoms with van der Waals surface area (Å²) >= 11 is 0. The topological polar surface area (TPSA) is 0 Å². The van der Waals surface area contributed by atoms with Crippen LogP contribution in [0.1, 0.15) is 87.0 Å². The minimum atomic E-state index is -0.366. The Balaban J connectivity index is 0.779. The highest BCUT2D eigenvalue weighted by Gasteiger charge is 2.56. The molecule has 0 heteroatoms. The fraction of sp³-hybridized carbons (Fsp3) is 0.120. The molecule has 0 saturated heterocycles. The van der Waals surface area contributed by atoms with Gasteiger partial charge in [0.05, 0.1) is 10.8 Å². The summed E-state index contributed by atoms with van der Waals surface area (Å²) in [5, 5.41) is 5.37. The van der Waals surface area contributed by atoms with Gasteiger partial charge in [-0.15, -0.1) is 0 Å². The number of aryl methyl sites for hydroxylation is 2. The van der Waals surface area contributed by atoms with Crippen LogP contribution in [0.25, 0.3) is 93.9 Å². The lowest BCUT2D eigenvalue weighted by Crippen LogP contribution is -2.32. The lowest BCUT2D eigenvalue weighted by atomic mass is 9.65. The number of rotatable bonds is 2. The van der Waals surface area contributed by atoms with Crippen LogP contribution in [0.15, 0.2) is 224 Å². The summed E-state index contributed by atoms with van der Waals surface area (Å²) < 4.78 is 0. The van der Waals surface area contributed by atoms with E-state index in [4.69, 9.17) is 0 Å². The van der Waals surface area contributed by atoms with Crippen LogP contribution < -0.4 is 0 Å². The fourth-order valence-electron chi connectivity index (χ4n) is 16.2. The zero-order valence-corrected chi connectivity index (χ0v) is 42.6. The molecule has 0 bridgehead atoms. The van der Waals surface area contributed by atoms with E-state index in [1.54, 1.807) is 0 Å². The standard InChI is InChI=1S/C75H52/c1-43-49-33-29-45(47-30-34-56-54-21-9-15-27-67(54)74(71(56)39-47)63-23-11-5-17-50(63)51-18-6-12-24-64(51)74)37-59(49)44(2)61-42-70-62(41-60(43)61)58-36-32-46(38-69(58)73(70,3)4)48-31-35-57-55-22-10-16-28-68(55)75(72(57)40-48)65-25-13-7-19-52(65)53-20-8-14-26-66(53)75/h5-23,25-42,64H,24H2,1-4H3. The van der Waals surface area contributed by atoms with Gasteiger partial charge in [-0.05, 0) is 217 Å². The number of hydrogen-bond donors (Lipinski definition) is 0. The molecule has 0 nitrogen and oxygen atoms in total. The number of allylic oxidation sites excluding steroid dienone is 4. The van der Waals surface area contributed by atoms with Gasteiger partial charge in [0, 0.05) is 11.3 Å². The molecule has 75 heavy (non-hydrogen) atoms. The van der Waals surface area contributed by atoms with E-state index in [0.29, 0.717) is 5.92 Å². The molecule has 2 spiro atoms. The lowest BCUT2D eigenvalue weighted by molar-refractivity contribution is 0.495. The maximum Gasteiger partial charge on any atom is 0.0725 e. The van der Waals surface area contributed by atoms with Crippen molar-refractivity contribution in [3.8, 4) is 66.8 Å². The summed E-state index contributed by atoms with van der Waals surface area (Å²) in [7, 11) is 0. The van der Waals surface area contributed by atoms with Crippen LogP contribution in [0.5, 0.6) is 0 Å². The first-order valence-corrected chi connectivity index (χ1v) is 27.1. The van der Waals surface area contributed by atoms with Crippen molar-refractivity contribution < 1.29 is 0 Å². The third-order valence-corrected chi connectivity index (χ3v) is 19.5. The van der Waals surface area contributed by atoms with Crippen molar-refractivity contribution in [2.24, 2.45) is 5.92 Å². The van der Waals surface area contributed by atoms with E-state index >= 15 is 0 Å². The largest absolute Gasteiger partial charge is 0.0839 e. The summed E-state index contributed by atoms with van der Waals surface area (Å²) in [6.07, 6.45) is 8.07. The van der Waals surface area contributed by atoms with Crippen molar-refractivity contribution in [1.82, 2.24) is 0 Å². The molecule has 0 radical (unpaired) electrons. The molecule has 2 unspecified atom stereocenters. The van der Waals surface area contributed by atoms with Crippen molar-refractivity contribution in [3.63, 3.8) is 0 Å². The highest BCUT2D eigenvalue weighted by Crippen LogP contribution is 2.66. The van der Waals surface area contributed by atoms with Gasteiger partial charge in [0.1, 0.15) is 0 Å². The molecule has 0 heterocycles. The van der Waals surface area contributed by atoms with Crippen LogP contribution in [-0.2, 0) is 16.2 Å². The van der Waals surface area contributed by atoms with E-state index in [-0.39, 0.29) is 16.2 Å². The third-order valence-electron chi connectivity index (χ3n) is 19.5. The Hall–Kier alpha value is -8.58. The van der Waals surface area contributed by atoms with Crippen LogP contribution in [0.3, 0.4) is 0 Å². The van der Waals surface area contributed by atoms with Crippen molar-refractivity contribution in [2.75, 3.05) is 0 Å². The highest BCUT2D eigenvalue weighted by molar-refractivity contribution is 6.09.